The Bertz CT molecular complexity index is 109. The van der Waals surface area contributed by atoms with Crippen LogP contribution in [0.5, 0.6) is 0 Å². The van der Waals surface area contributed by atoms with Gasteiger partial charge in [0, 0.05) is 0 Å². The van der Waals surface area contributed by atoms with Gasteiger partial charge in [-0.3, -0.25) is 0 Å². The minimum atomic E-state index is 1.12. The third kappa shape index (κ3) is 4.01. The minimum absolute atomic E-state index is 1.12. The Morgan fingerprint density at radius 2 is 1.89 bits per heavy atom. The molecule has 0 unspecified atom stereocenters. The van der Waals surface area contributed by atoms with Gasteiger partial charge in [0.25, 0.3) is 0 Å². The van der Waals surface area contributed by atoms with Crippen molar-refractivity contribution in [3.8, 4) is 0 Å². The Kier molecular flexibility index (Phi) is 4.12. The van der Waals surface area contributed by atoms with Crippen molar-refractivity contribution in [2.45, 2.75) is 33.1 Å². The fourth-order valence-electron chi connectivity index (χ4n) is 0.604. The molecule has 0 aliphatic heterocycles. The molecule has 0 heteroatoms. The lowest BCUT2D eigenvalue weighted by Gasteiger charge is -2.01. The van der Waals surface area contributed by atoms with E-state index in [0.29, 0.717) is 0 Å². The summed E-state index contributed by atoms with van der Waals surface area (Å²) < 4.78 is 0. The van der Waals surface area contributed by atoms with E-state index in [9.17, 15) is 0 Å². The van der Waals surface area contributed by atoms with Crippen LogP contribution in [0.1, 0.15) is 33.1 Å². The molecule has 0 spiro atoms. The van der Waals surface area contributed by atoms with E-state index in [4.69, 9.17) is 0 Å². The third-order valence-electron chi connectivity index (χ3n) is 1.44. The SMILES string of the molecule is C=C(C)C(=C)CCCC. The maximum Gasteiger partial charge on any atom is -0.0282 e. The molecule has 0 amide bonds. The second-order valence-electron chi connectivity index (χ2n) is 2.49. The highest BCUT2D eigenvalue weighted by molar-refractivity contribution is 5.22. The van der Waals surface area contributed by atoms with Crippen molar-refractivity contribution in [2.75, 3.05) is 0 Å². The largest absolute Gasteiger partial charge is 0.0959 e. The summed E-state index contributed by atoms with van der Waals surface area (Å²) in [4.78, 5) is 0. The highest BCUT2D eigenvalue weighted by Gasteiger charge is 1.91. The average Bonchev–Trinajstić information content (AvgIpc) is 1.82. The van der Waals surface area contributed by atoms with Crippen LogP contribution in [0.15, 0.2) is 24.3 Å². The molecule has 0 saturated heterocycles. The summed E-state index contributed by atoms with van der Waals surface area (Å²) in [7, 11) is 0. The Labute approximate surface area is 58.3 Å². The summed E-state index contributed by atoms with van der Waals surface area (Å²) in [5.41, 5.74) is 2.33. The molecule has 0 atom stereocenters. The molecule has 52 valence electrons. The molecule has 0 aromatic rings. The van der Waals surface area contributed by atoms with Crippen molar-refractivity contribution in [1.82, 2.24) is 0 Å². The van der Waals surface area contributed by atoms with E-state index in [2.05, 4.69) is 20.1 Å². The molecule has 0 N–H and O–H groups in total. The van der Waals surface area contributed by atoms with Crippen LogP contribution in [-0.4, -0.2) is 0 Å². The van der Waals surface area contributed by atoms with Gasteiger partial charge in [-0.05, 0) is 19.8 Å². The van der Waals surface area contributed by atoms with Crippen LogP contribution in [0, 0.1) is 0 Å². The van der Waals surface area contributed by atoms with Crippen LogP contribution in [0.3, 0.4) is 0 Å². The average molecular weight is 124 g/mol. The first-order chi connectivity index (χ1) is 4.18. The van der Waals surface area contributed by atoms with Crippen molar-refractivity contribution in [3.05, 3.63) is 24.3 Å². The second kappa shape index (κ2) is 4.37. The number of allylic oxidation sites excluding steroid dienone is 2. The maximum absolute atomic E-state index is 3.89. The summed E-state index contributed by atoms with van der Waals surface area (Å²) >= 11 is 0. The van der Waals surface area contributed by atoms with Gasteiger partial charge in [-0.25, -0.2) is 0 Å². The highest BCUT2D eigenvalue weighted by Crippen LogP contribution is 2.11. The van der Waals surface area contributed by atoms with E-state index < -0.39 is 0 Å². The van der Waals surface area contributed by atoms with Gasteiger partial charge in [-0.1, -0.05) is 37.6 Å². The molecule has 0 fully saturated rings. The van der Waals surface area contributed by atoms with E-state index in [1.807, 2.05) is 6.92 Å². The quantitative estimate of drug-likeness (QED) is 0.504. The fourth-order valence-corrected chi connectivity index (χ4v) is 0.604. The molecule has 0 aliphatic carbocycles. The van der Waals surface area contributed by atoms with Crippen molar-refractivity contribution >= 4 is 0 Å². The van der Waals surface area contributed by atoms with Crippen LogP contribution in [0.25, 0.3) is 0 Å². The monoisotopic (exact) mass is 124 g/mol. The van der Waals surface area contributed by atoms with Gasteiger partial charge in [0.05, 0.1) is 0 Å². The number of unbranched alkanes of at least 4 members (excludes halogenated alkanes) is 1. The van der Waals surface area contributed by atoms with Crippen LogP contribution in [-0.2, 0) is 0 Å². The van der Waals surface area contributed by atoms with Gasteiger partial charge in [-0.2, -0.15) is 0 Å². The summed E-state index contributed by atoms with van der Waals surface area (Å²) in [5, 5.41) is 0. The summed E-state index contributed by atoms with van der Waals surface area (Å²) in [5.74, 6) is 0. The summed E-state index contributed by atoms with van der Waals surface area (Å²) in [6, 6.07) is 0. The molecule has 0 aromatic carbocycles. The first kappa shape index (κ1) is 8.48. The van der Waals surface area contributed by atoms with Gasteiger partial charge < -0.3 is 0 Å². The van der Waals surface area contributed by atoms with Crippen molar-refractivity contribution in [2.24, 2.45) is 0 Å². The standard InChI is InChI=1S/C9H16/c1-5-6-7-9(4)8(2)3/h2,4-7H2,1,3H3. The molecule has 0 heterocycles. The molecule has 9 heavy (non-hydrogen) atoms. The minimum Gasteiger partial charge on any atom is -0.0959 e. The normalized spacial score (nSPS) is 9.11. The number of hydrogen-bond donors (Lipinski definition) is 0. The zero-order valence-electron chi connectivity index (χ0n) is 6.54. The first-order valence-corrected chi connectivity index (χ1v) is 3.52. The van der Waals surface area contributed by atoms with Crippen molar-refractivity contribution in [1.29, 1.82) is 0 Å². The van der Waals surface area contributed by atoms with Gasteiger partial charge in [0.1, 0.15) is 0 Å². The number of hydrogen-bond acceptors (Lipinski definition) is 0. The fraction of sp³-hybridized carbons (Fsp3) is 0.556. The Hall–Kier alpha value is -0.520. The molecule has 0 aliphatic rings. The van der Waals surface area contributed by atoms with E-state index in [-0.39, 0.29) is 0 Å². The molecule has 0 rings (SSSR count). The highest BCUT2D eigenvalue weighted by atomic mass is 14.0. The van der Waals surface area contributed by atoms with Gasteiger partial charge in [-0.15, -0.1) is 0 Å². The van der Waals surface area contributed by atoms with Gasteiger partial charge in [0.15, 0.2) is 0 Å². The first-order valence-electron chi connectivity index (χ1n) is 3.52. The Morgan fingerprint density at radius 3 is 2.22 bits per heavy atom. The predicted molar refractivity (Wildman–Crippen MR) is 43.5 cm³/mol. The molecule has 0 aromatic heterocycles. The van der Waals surface area contributed by atoms with E-state index in [1.54, 1.807) is 0 Å². The maximum atomic E-state index is 3.89. The predicted octanol–water partition coefficient (Wildman–Crippen LogP) is 3.31. The Balaban J connectivity index is 3.39. The molecule has 0 nitrogen and oxygen atoms in total. The zero-order valence-corrected chi connectivity index (χ0v) is 6.54. The lowest BCUT2D eigenvalue weighted by molar-refractivity contribution is 0.793. The van der Waals surface area contributed by atoms with Gasteiger partial charge >= 0.3 is 0 Å². The Morgan fingerprint density at radius 1 is 1.33 bits per heavy atom. The number of rotatable bonds is 4. The molecular formula is C9H16. The van der Waals surface area contributed by atoms with Crippen molar-refractivity contribution in [3.63, 3.8) is 0 Å². The topological polar surface area (TPSA) is 0 Å². The van der Waals surface area contributed by atoms with Crippen molar-refractivity contribution < 1.29 is 0 Å². The summed E-state index contributed by atoms with van der Waals surface area (Å²) in [6.45, 7) is 11.9. The molecular weight excluding hydrogens is 108 g/mol. The molecule has 0 saturated carbocycles. The van der Waals surface area contributed by atoms with Gasteiger partial charge in [0.2, 0.25) is 0 Å². The van der Waals surface area contributed by atoms with E-state index >= 15 is 0 Å². The molecule has 0 bridgehead atoms. The zero-order chi connectivity index (χ0) is 7.28. The third-order valence-corrected chi connectivity index (χ3v) is 1.44. The smallest absolute Gasteiger partial charge is 0.0282 e. The summed E-state index contributed by atoms with van der Waals surface area (Å²) in [6.07, 6.45) is 3.60. The second-order valence-corrected chi connectivity index (χ2v) is 2.49. The van der Waals surface area contributed by atoms with Crippen LogP contribution in [0.2, 0.25) is 0 Å². The van der Waals surface area contributed by atoms with Crippen LogP contribution in [0.4, 0.5) is 0 Å². The molecule has 0 radical (unpaired) electrons. The van der Waals surface area contributed by atoms with E-state index in [0.717, 1.165) is 12.0 Å². The van der Waals surface area contributed by atoms with Crippen LogP contribution < -0.4 is 0 Å². The lowest BCUT2D eigenvalue weighted by Crippen LogP contribution is -1.80. The van der Waals surface area contributed by atoms with Crippen LogP contribution >= 0.6 is 0 Å². The van der Waals surface area contributed by atoms with E-state index in [1.165, 1.54) is 18.4 Å². The lowest BCUT2D eigenvalue weighted by atomic mass is 10.1.